The molecule has 1 aliphatic rings. The fourth-order valence-electron chi connectivity index (χ4n) is 1.67. The Morgan fingerprint density at radius 3 is 2.30 bits per heavy atom. The third-order valence-electron chi connectivity index (χ3n) is 1.83. The average molecular weight is 143 g/mol. The summed E-state index contributed by atoms with van der Waals surface area (Å²) in [5, 5.41) is 9.02. The van der Waals surface area contributed by atoms with Crippen LogP contribution in [-0.4, -0.2) is 35.7 Å². The van der Waals surface area contributed by atoms with Crippen molar-refractivity contribution in [3.63, 3.8) is 0 Å². The van der Waals surface area contributed by atoms with Gasteiger partial charge in [-0.05, 0) is 12.3 Å². The van der Waals surface area contributed by atoms with E-state index < -0.39 is 0 Å². The summed E-state index contributed by atoms with van der Waals surface area (Å²) >= 11 is 0. The summed E-state index contributed by atoms with van der Waals surface area (Å²) in [7, 11) is 0. The molecule has 0 amide bonds. The molecule has 60 valence electrons. The number of hydrogen-bond donors (Lipinski definition) is 1. The quantitative estimate of drug-likeness (QED) is 0.615. The van der Waals surface area contributed by atoms with Crippen LogP contribution in [0.15, 0.2) is 0 Å². The summed E-state index contributed by atoms with van der Waals surface area (Å²) in [6.45, 7) is 9.46. The zero-order valence-electron chi connectivity index (χ0n) is 7.09. The Hall–Kier alpha value is -0.0800. The minimum Gasteiger partial charge on any atom is -0.392 e. The fourth-order valence-corrected chi connectivity index (χ4v) is 1.67. The molecular formula is C8H17NO. The maximum Gasteiger partial charge on any atom is 0.0639 e. The van der Waals surface area contributed by atoms with E-state index in [4.69, 9.17) is 5.11 Å². The van der Waals surface area contributed by atoms with Gasteiger partial charge in [-0.15, -0.1) is 0 Å². The van der Waals surface area contributed by atoms with Crippen molar-refractivity contribution in [3.05, 3.63) is 0 Å². The Labute approximate surface area is 62.8 Å². The smallest absolute Gasteiger partial charge is 0.0639 e. The first-order chi connectivity index (χ1) is 4.49. The molecule has 10 heavy (non-hydrogen) atoms. The van der Waals surface area contributed by atoms with E-state index in [-0.39, 0.29) is 6.10 Å². The predicted octanol–water partition coefficient (Wildman–Crippen LogP) is 0.709. The maximum atomic E-state index is 9.02. The van der Waals surface area contributed by atoms with Gasteiger partial charge in [0.15, 0.2) is 0 Å². The van der Waals surface area contributed by atoms with E-state index in [1.807, 2.05) is 6.92 Å². The van der Waals surface area contributed by atoms with Gasteiger partial charge < -0.3 is 5.11 Å². The van der Waals surface area contributed by atoms with Crippen LogP contribution in [0, 0.1) is 5.41 Å². The number of β-amino-alcohol motifs (C(OH)–C–C–N with tert-alkyl or cyclic N) is 1. The van der Waals surface area contributed by atoms with Crippen LogP contribution in [0.25, 0.3) is 0 Å². The summed E-state index contributed by atoms with van der Waals surface area (Å²) < 4.78 is 0. The largest absolute Gasteiger partial charge is 0.392 e. The van der Waals surface area contributed by atoms with Crippen molar-refractivity contribution in [3.8, 4) is 0 Å². The number of hydrogen-bond acceptors (Lipinski definition) is 2. The molecule has 1 aliphatic heterocycles. The molecule has 2 heteroatoms. The second-order valence-electron chi connectivity index (χ2n) is 4.18. The molecule has 1 N–H and O–H groups in total. The van der Waals surface area contributed by atoms with Crippen LogP contribution < -0.4 is 0 Å². The lowest BCUT2D eigenvalue weighted by Crippen LogP contribution is -2.54. The first-order valence-corrected chi connectivity index (χ1v) is 3.90. The van der Waals surface area contributed by atoms with Crippen LogP contribution in [-0.2, 0) is 0 Å². The van der Waals surface area contributed by atoms with E-state index in [0.29, 0.717) is 5.41 Å². The normalized spacial score (nSPS) is 27.6. The fraction of sp³-hybridized carbons (Fsp3) is 1.00. The van der Waals surface area contributed by atoms with Crippen molar-refractivity contribution in [2.24, 2.45) is 5.41 Å². The Morgan fingerprint density at radius 2 is 2.00 bits per heavy atom. The number of nitrogens with zero attached hydrogens (tertiary/aromatic N) is 1. The van der Waals surface area contributed by atoms with E-state index in [1.165, 1.54) is 0 Å². The summed E-state index contributed by atoms with van der Waals surface area (Å²) in [6.07, 6.45) is -0.170. The first kappa shape index (κ1) is 8.02. The lowest BCUT2D eigenvalue weighted by Gasteiger charge is -2.46. The summed E-state index contributed by atoms with van der Waals surface area (Å²) in [4.78, 5) is 2.28. The van der Waals surface area contributed by atoms with Crippen molar-refractivity contribution >= 4 is 0 Å². The molecule has 0 spiro atoms. The van der Waals surface area contributed by atoms with Crippen molar-refractivity contribution in [2.75, 3.05) is 19.6 Å². The lowest BCUT2D eigenvalue weighted by molar-refractivity contribution is -0.000503. The van der Waals surface area contributed by atoms with E-state index in [2.05, 4.69) is 18.7 Å². The molecule has 1 saturated heterocycles. The van der Waals surface area contributed by atoms with Gasteiger partial charge in [-0.2, -0.15) is 0 Å². The van der Waals surface area contributed by atoms with Gasteiger partial charge in [-0.1, -0.05) is 13.8 Å². The average Bonchev–Trinajstić information content (AvgIpc) is 1.57. The molecule has 0 bridgehead atoms. The van der Waals surface area contributed by atoms with Crippen molar-refractivity contribution in [1.29, 1.82) is 0 Å². The number of aliphatic hydroxyl groups is 1. The Kier molecular flexibility index (Phi) is 2.02. The molecule has 0 aliphatic carbocycles. The van der Waals surface area contributed by atoms with Crippen molar-refractivity contribution in [2.45, 2.75) is 26.9 Å². The molecule has 0 aromatic heterocycles. The summed E-state index contributed by atoms with van der Waals surface area (Å²) in [6, 6.07) is 0. The lowest BCUT2D eigenvalue weighted by atomic mass is 9.84. The summed E-state index contributed by atoms with van der Waals surface area (Å²) in [5.74, 6) is 0. The highest BCUT2D eigenvalue weighted by Gasteiger charge is 2.33. The van der Waals surface area contributed by atoms with Crippen LogP contribution in [0.1, 0.15) is 20.8 Å². The Bertz CT molecular complexity index is 110. The topological polar surface area (TPSA) is 23.5 Å². The van der Waals surface area contributed by atoms with Gasteiger partial charge in [0.1, 0.15) is 0 Å². The van der Waals surface area contributed by atoms with Gasteiger partial charge in [-0.3, -0.25) is 4.90 Å². The third kappa shape index (κ3) is 1.96. The molecule has 0 aromatic carbocycles. The van der Waals surface area contributed by atoms with Crippen LogP contribution in [0.2, 0.25) is 0 Å². The SMILES string of the molecule is CC(O)CN1CC(C)(C)C1. The Balaban J connectivity index is 2.15. The van der Waals surface area contributed by atoms with Gasteiger partial charge in [-0.25, -0.2) is 0 Å². The molecular weight excluding hydrogens is 126 g/mol. The highest BCUT2D eigenvalue weighted by Crippen LogP contribution is 2.28. The minimum atomic E-state index is -0.170. The standard InChI is InChI=1S/C8H17NO/c1-7(10)4-9-5-8(2,3)6-9/h7,10H,4-6H2,1-3H3. The Morgan fingerprint density at radius 1 is 1.50 bits per heavy atom. The highest BCUT2D eigenvalue weighted by atomic mass is 16.3. The van der Waals surface area contributed by atoms with E-state index in [1.54, 1.807) is 0 Å². The second kappa shape index (κ2) is 2.51. The molecule has 0 saturated carbocycles. The van der Waals surface area contributed by atoms with E-state index in [9.17, 15) is 0 Å². The van der Waals surface area contributed by atoms with Crippen molar-refractivity contribution < 1.29 is 5.11 Å². The zero-order valence-corrected chi connectivity index (χ0v) is 7.09. The number of likely N-dealkylation sites (tertiary alicyclic amines) is 1. The molecule has 1 unspecified atom stereocenters. The van der Waals surface area contributed by atoms with E-state index in [0.717, 1.165) is 19.6 Å². The molecule has 1 atom stereocenters. The van der Waals surface area contributed by atoms with Crippen LogP contribution in [0.5, 0.6) is 0 Å². The van der Waals surface area contributed by atoms with Gasteiger partial charge >= 0.3 is 0 Å². The maximum absolute atomic E-state index is 9.02. The van der Waals surface area contributed by atoms with Crippen molar-refractivity contribution in [1.82, 2.24) is 4.90 Å². The molecule has 2 nitrogen and oxygen atoms in total. The predicted molar refractivity (Wildman–Crippen MR) is 41.9 cm³/mol. The molecule has 0 aromatic rings. The third-order valence-corrected chi connectivity index (χ3v) is 1.83. The highest BCUT2D eigenvalue weighted by molar-refractivity contribution is 4.87. The molecule has 1 fully saturated rings. The molecule has 0 radical (unpaired) electrons. The zero-order chi connectivity index (χ0) is 7.78. The second-order valence-corrected chi connectivity index (χ2v) is 4.18. The first-order valence-electron chi connectivity index (χ1n) is 3.90. The van der Waals surface area contributed by atoms with Gasteiger partial charge in [0.2, 0.25) is 0 Å². The van der Waals surface area contributed by atoms with Gasteiger partial charge in [0, 0.05) is 19.6 Å². The van der Waals surface area contributed by atoms with Crippen LogP contribution in [0.3, 0.4) is 0 Å². The van der Waals surface area contributed by atoms with Gasteiger partial charge in [0.25, 0.3) is 0 Å². The van der Waals surface area contributed by atoms with Crippen LogP contribution in [0.4, 0.5) is 0 Å². The molecule has 1 heterocycles. The van der Waals surface area contributed by atoms with Crippen LogP contribution >= 0.6 is 0 Å². The van der Waals surface area contributed by atoms with E-state index >= 15 is 0 Å². The monoisotopic (exact) mass is 143 g/mol. The van der Waals surface area contributed by atoms with Gasteiger partial charge in [0.05, 0.1) is 6.10 Å². The number of aliphatic hydroxyl groups excluding tert-OH is 1. The molecule has 1 rings (SSSR count). The minimum absolute atomic E-state index is 0.170. The number of rotatable bonds is 2. The summed E-state index contributed by atoms with van der Waals surface area (Å²) in [5.41, 5.74) is 0.495.